The van der Waals surface area contributed by atoms with E-state index in [9.17, 15) is 4.79 Å². The van der Waals surface area contributed by atoms with E-state index in [-0.39, 0.29) is 12.2 Å². The topological polar surface area (TPSA) is 38.3 Å². The lowest BCUT2D eigenvalue weighted by Crippen LogP contribution is -2.23. The van der Waals surface area contributed by atoms with Crippen molar-refractivity contribution < 1.29 is 9.53 Å². The molecule has 0 radical (unpaired) electrons. The summed E-state index contributed by atoms with van der Waals surface area (Å²) < 4.78 is 5.69. The van der Waals surface area contributed by atoms with Gasteiger partial charge in [0.05, 0.1) is 0 Å². The summed E-state index contributed by atoms with van der Waals surface area (Å²) in [4.78, 5) is 12.6. The van der Waals surface area contributed by atoms with Crippen LogP contribution in [0.1, 0.15) is 54.4 Å². The number of benzene rings is 2. The normalized spacial score (nSPS) is 18.6. The van der Waals surface area contributed by atoms with Crippen LogP contribution in [0, 0.1) is 11.8 Å². The molecule has 5 aliphatic rings. The van der Waals surface area contributed by atoms with Gasteiger partial charge in [-0.05, 0) is 73.3 Å². The Morgan fingerprint density at radius 3 is 2.43 bits per heavy atom. The second kappa shape index (κ2) is 8.97. The van der Waals surface area contributed by atoms with Crippen molar-refractivity contribution in [3.05, 3.63) is 64.7 Å². The molecule has 3 heteroatoms. The summed E-state index contributed by atoms with van der Waals surface area (Å²) in [6, 6.07) is 15.4. The van der Waals surface area contributed by atoms with Crippen LogP contribution < -0.4 is 5.32 Å². The standard InChI is InChI=1S/C25H27NO2/c27-25(28-23-6-4-2-1-3-5-7-23)26-24-18-21-13-12-19-8-10-20(11-9-19)14-16-22(24)17-15-21/h8-11,15,17-18,23H,1-2,4,6-7,12-14,16H2,(H,26,27). The van der Waals surface area contributed by atoms with Crippen LogP contribution in [0.2, 0.25) is 0 Å². The number of aryl methyl sites for hydroxylation is 4. The van der Waals surface area contributed by atoms with Gasteiger partial charge < -0.3 is 4.74 Å². The van der Waals surface area contributed by atoms with E-state index in [1.165, 1.54) is 16.7 Å². The van der Waals surface area contributed by atoms with E-state index in [1.54, 1.807) is 0 Å². The predicted octanol–water partition coefficient (Wildman–Crippen LogP) is 5.46. The first-order chi connectivity index (χ1) is 13.8. The molecular weight excluding hydrogens is 346 g/mol. The molecule has 28 heavy (non-hydrogen) atoms. The minimum absolute atomic E-state index is 0.108. The van der Waals surface area contributed by atoms with Crippen LogP contribution in [0.25, 0.3) is 0 Å². The van der Waals surface area contributed by atoms with Gasteiger partial charge in [0.25, 0.3) is 0 Å². The first kappa shape index (κ1) is 18.6. The second-order valence-corrected chi connectivity index (χ2v) is 7.76. The van der Waals surface area contributed by atoms with Gasteiger partial charge in [-0.15, -0.1) is 5.92 Å². The molecule has 2 aromatic carbocycles. The zero-order valence-electron chi connectivity index (χ0n) is 16.3. The summed E-state index contributed by atoms with van der Waals surface area (Å²) in [5, 5.41) is 3.02. The molecule has 0 fully saturated rings. The molecule has 3 nitrogen and oxygen atoms in total. The van der Waals surface area contributed by atoms with Crippen molar-refractivity contribution in [2.24, 2.45) is 0 Å². The monoisotopic (exact) mass is 373 g/mol. The van der Waals surface area contributed by atoms with Crippen molar-refractivity contribution in [1.82, 2.24) is 0 Å². The van der Waals surface area contributed by atoms with Crippen molar-refractivity contribution in [3.63, 3.8) is 0 Å². The van der Waals surface area contributed by atoms with Gasteiger partial charge in [0, 0.05) is 18.5 Å². The van der Waals surface area contributed by atoms with Gasteiger partial charge in [0.1, 0.15) is 6.10 Å². The number of rotatable bonds is 2. The van der Waals surface area contributed by atoms with Gasteiger partial charge >= 0.3 is 6.09 Å². The molecule has 1 amide bonds. The predicted molar refractivity (Wildman–Crippen MR) is 112 cm³/mol. The number of amides is 1. The van der Waals surface area contributed by atoms with E-state index in [0.717, 1.165) is 62.6 Å². The van der Waals surface area contributed by atoms with Crippen LogP contribution in [-0.2, 0) is 30.4 Å². The maximum Gasteiger partial charge on any atom is 0.411 e. The minimum Gasteiger partial charge on any atom is -0.445 e. The van der Waals surface area contributed by atoms with Gasteiger partial charge in [-0.3, -0.25) is 5.32 Å². The third-order valence-corrected chi connectivity index (χ3v) is 5.63. The molecule has 0 aromatic heterocycles. The number of carbonyl (C=O) groups is 1. The van der Waals surface area contributed by atoms with Crippen molar-refractivity contribution in [2.75, 3.05) is 5.32 Å². The Hall–Kier alpha value is -2.73. The summed E-state index contributed by atoms with van der Waals surface area (Å²) in [7, 11) is 0. The molecule has 0 saturated heterocycles. The molecular formula is C25H27NO2. The highest BCUT2D eigenvalue weighted by molar-refractivity contribution is 5.86. The Labute approximate surface area is 167 Å². The number of nitrogens with one attached hydrogen (secondary N) is 1. The van der Waals surface area contributed by atoms with Crippen molar-refractivity contribution in [3.8, 4) is 11.8 Å². The van der Waals surface area contributed by atoms with Crippen molar-refractivity contribution in [1.29, 1.82) is 0 Å². The zero-order valence-corrected chi connectivity index (χ0v) is 16.3. The second-order valence-electron chi connectivity index (χ2n) is 7.76. The Morgan fingerprint density at radius 1 is 0.893 bits per heavy atom. The molecule has 2 aromatic rings. The maximum absolute atomic E-state index is 12.6. The van der Waals surface area contributed by atoms with Crippen LogP contribution >= 0.6 is 0 Å². The molecule has 7 rings (SSSR count). The highest BCUT2D eigenvalue weighted by Crippen LogP contribution is 2.23. The third kappa shape index (κ3) is 4.95. The number of ether oxygens (including phenoxy) is 1. The van der Waals surface area contributed by atoms with E-state index >= 15 is 0 Å². The van der Waals surface area contributed by atoms with Crippen LogP contribution in [0.4, 0.5) is 10.5 Å². The van der Waals surface area contributed by atoms with E-state index in [0.29, 0.717) is 6.42 Å². The zero-order chi connectivity index (χ0) is 19.2. The third-order valence-electron chi connectivity index (χ3n) is 5.63. The van der Waals surface area contributed by atoms with E-state index in [2.05, 4.69) is 59.6 Å². The summed E-state index contributed by atoms with van der Waals surface area (Å²) in [5.74, 6) is 6.27. The first-order valence-corrected chi connectivity index (χ1v) is 10.4. The molecule has 0 aliphatic heterocycles. The fourth-order valence-electron chi connectivity index (χ4n) is 3.91. The van der Waals surface area contributed by atoms with Crippen LogP contribution in [-0.4, -0.2) is 12.2 Å². The molecule has 0 heterocycles. The quantitative estimate of drug-likeness (QED) is 0.710. The minimum atomic E-state index is -0.360. The molecule has 1 unspecified atom stereocenters. The largest absolute Gasteiger partial charge is 0.445 e. The van der Waals surface area contributed by atoms with Crippen molar-refractivity contribution in [2.45, 2.75) is 63.9 Å². The fraction of sp³-hybridized carbons (Fsp3) is 0.400. The smallest absolute Gasteiger partial charge is 0.411 e. The van der Waals surface area contributed by atoms with Gasteiger partial charge in [-0.25, -0.2) is 4.79 Å². The molecule has 0 spiro atoms. The van der Waals surface area contributed by atoms with Crippen LogP contribution in [0.3, 0.4) is 0 Å². The molecule has 0 saturated carbocycles. The summed E-state index contributed by atoms with van der Waals surface area (Å²) in [6.45, 7) is 0. The maximum atomic E-state index is 12.6. The molecule has 4 bridgehead atoms. The van der Waals surface area contributed by atoms with E-state index in [4.69, 9.17) is 4.74 Å². The average Bonchev–Trinajstić information content (AvgIpc) is 2.67. The lowest BCUT2D eigenvalue weighted by molar-refractivity contribution is 0.106. The van der Waals surface area contributed by atoms with Crippen LogP contribution in [0.5, 0.6) is 0 Å². The Balaban J connectivity index is 1.47. The number of hydrogen-bond donors (Lipinski definition) is 1. The number of anilines is 1. The Kier molecular flexibility index (Phi) is 5.97. The summed E-state index contributed by atoms with van der Waals surface area (Å²) in [6.07, 6.45) is 7.98. The highest BCUT2D eigenvalue weighted by Gasteiger charge is 2.16. The number of carbonyl (C=O) groups excluding carboxylic acids is 1. The van der Waals surface area contributed by atoms with E-state index < -0.39 is 0 Å². The molecule has 144 valence electrons. The average molecular weight is 373 g/mol. The fourth-order valence-corrected chi connectivity index (χ4v) is 3.91. The lowest BCUT2D eigenvalue weighted by Gasteiger charge is -2.19. The summed E-state index contributed by atoms with van der Waals surface area (Å²) in [5.41, 5.74) is 5.96. The highest BCUT2D eigenvalue weighted by atomic mass is 16.6. The summed E-state index contributed by atoms with van der Waals surface area (Å²) >= 11 is 0. The van der Waals surface area contributed by atoms with Gasteiger partial charge in [-0.1, -0.05) is 42.3 Å². The lowest BCUT2D eigenvalue weighted by atomic mass is 9.95. The van der Waals surface area contributed by atoms with Crippen LogP contribution in [0.15, 0.2) is 42.5 Å². The van der Waals surface area contributed by atoms with Gasteiger partial charge in [0.2, 0.25) is 0 Å². The van der Waals surface area contributed by atoms with Crippen molar-refractivity contribution >= 4 is 11.8 Å². The Bertz CT molecular complexity index is 889. The number of hydrogen-bond acceptors (Lipinski definition) is 2. The van der Waals surface area contributed by atoms with Gasteiger partial charge in [-0.2, -0.15) is 0 Å². The first-order valence-electron chi connectivity index (χ1n) is 10.4. The SMILES string of the molecule is O=C(Nc1cc2ccc1CCc1ccc(cc1)CC2)OC1CC#CCCCC1. The van der Waals surface area contributed by atoms with Gasteiger partial charge in [0.15, 0.2) is 0 Å². The Morgan fingerprint density at radius 2 is 1.61 bits per heavy atom. The molecule has 1 atom stereocenters. The molecule has 1 N–H and O–H groups in total. The molecule has 5 aliphatic carbocycles. The van der Waals surface area contributed by atoms with E-state index in [1.807, 2.05) is 0 Å².